The summed E-state index contributed by atoms with van der Waals surface area (Å²) in [5, 5.41) is 3.51. The van der Waals surface area contributed by atoms with E-state index in [2.05, 4.69) is 26.2 Å². The molecule has 0 unspecified atom stereocenters. The second kappa shape index (κ2) is 5.15. The number of benzene rings is 1. The van der Waals surface area contributed by atoms with Gasteiger partial charge in [-0.15, -0.1) is 0 Å². The van der Waals surface area contributed by atoms with Crippen LogP contribution in [-0.4, -0.2) is 12.4 Å². The second-order valence-electron chi connectivity index (χ2n) is 3.65. The fourth-order valence-electron chi connectivity index (χ4n) is 1.61. The molecule has 0 saturated carbocycles. The molecule has 0 radical (unpaired) electrons. The van der Waals surface area contributed by atoms with Gasteiger partial charge in [-0.3, -0.25) is 4.99 Å². The van der Waals surface area contributed by atoms with E-state index < -0.39 is 0 Å². The molecule has 1 aliphatic heterocycles. The Kier molecular flexibility index (Phi) is 3.82. The molecule has 1 aromatic rings. The zero-order valence-electron chi connectivity index (χ0n) is 8.56. The Morgan fingerprint density at radius 3 is 2.81 bits per heavy atom. The lowest BCUT2D eigenvalue weighted by Gasteiger charge is -2.16. The largest absolute Gasteiger partial charge is 0.342 e. The van der Waals surface area contributed by atoms with Crippen LogP contribution in [0.15, 0.2) is 21.6 Å². The minimum absolute atomic E-state index is 0.354. The molecule has 0 spiro atoms. The van der Waals surface area contributed by atoms with E-state index in [0.717, 1.165) is 31.6 Å². The zero-order chi connectivity index (χ0) is 11.5. The predicted molar refractivity (Wildman–Crippen MR) is 68.9 cm³/mol. The molecule has 0 fully saturated rings. The summed E-state index contributed by atoms with van der Waals surface area (Å²) in [5.74, 6) is 0.563. The number of aliphatic imine (C=N–C) groups is 1. The highest BCUT2D eigenvalue weighted by Gasteiger charge is 2.11. The molecule has 0 saturated heterocycles. The van der Waals surface area contributed by atoms with Crippen molar-refractivity contribution >= 4 is 39.1 Å². The van der Waals surface area contributed by atoms with Crippen molar-refractivity contribution in [2.45, 2.75) is 19.3 Å². The maximum Gasteiger partial charge on any atom is 0.125 e. The summed E-state index contributed by atoms with van der Waals surface area (Å²) < 4.78 is 13.6. The Morgan fingerprint density at radius 2 is 2.19 bits per heavy atom. The number of nitrogens with one attached hydrogen (secondary N) is 1. The molecule has 0 aliphatic carbocycles. The van der Waals surface area contributed by atoms with E-state index >= 15 is 0 Å². The van der Waals surface area contributed by atoms with Crippen molar-refractivity contribution in [1.82, 2.24) is 0 Å². The fraction of sp³-hybridized carbons (Fsp3) is 0.364. The highest BCUT2D eigenvalue weighted by Crippen LogP contribution is 2.32. The molecule has 5 heteroatoms. The molecule has 1 N–H and O–H groups in total. The first-order chi connectivity index (χ1) is 7.66. The first-order valence-electron chi connectivity index (χ1n) is 5.12. The van der Waals surface area contributed by atoms with Crippen molar-refractivity contribution in [3.05, 3.63) is 27.4 Å². The molecule has 0 amide bonds. The normalized spacial score (nSPS) is 15.8. The fourth-order valence-corrected chi connectivity index (χ4v) is 2.50. The third kappa shape index (κ3) is 2.74. The van der Waals surface area contributed by atoms with E-state index in [1.807, 2.05) is 0 Å². The summed E-state index contributed by atoms with van der Waals surface area (Å²) in [7, 11) is 0. The van der Waals surface area contributed by atoms with E-state index in [4.69, 9.17) is 11.6 Å². The first kappa shape index (κ1) is 11.9. The summed E-state index contributed by atoms with van der Waals surface area (Å²) in [6.45, 7) is 0.846. The van der Waals surface area contributed by atoms with Crippen molar-refractivity contribution in [2.75, 3.05) is 11.9 Å². The minimum Gasteiger partial charge on any atom is -0.342 e. The molecule has 1 heterocycles. The van der Waals surface area contributed by atoms with Gasteiger partial charge in [-0.1, -0.05) is 11.6 Å². The van der Waals surface area contributed by atoms with Crippen LogP contribution in [0.25, 0.3) is 0 Å². The maximum absolute atomic E-state index is 13.0. The average molecular weight is 306 g/mol. The Morgan fingerprint density at radius 1 is 1.38 bits per heavy atom. The highest BCUT2D eigenvalue weighted by molar-refractivity contribution is 9.10. The van der Waals surface area contributed by atoms with E-state index in [1.54, 1.807) is 0 Å². The van der Waals surface area contributed by atoms with Crippen LogP contribution in [0.4, 0.5) is 10.1 Å². The van der Waals surface area contributed by atoms with Crippen molar-refractivity contribution in [3.8, 4) is 0 Å². The molecule has 0 atom stereocenters. The summed E-state index contributed by atoms with van der Waals surface area (Å²) in [5.41, 5.74) is 0.684. The minimum atomic E-state index is -0.354. The third-order valence-electron chi connectivity index (χ3n) is 2.40. The molecule has 16 heavy (non-hydrogen) atoms. The van der Waals surface area contributed by atoms with Gasteiger partial charge in [0.2, 0.25) is 0 Å². The molecule has 86 valence electrons. The Bertz CT molecular complexity index is 411. The highest BCUT2D eigenvalue weighted by atomic mass is 79.9. The summed E-state index contributed by atoms with van der Waals surface area (Å²) in [6, 6.07) is 2.68. The Labute approximate surface area is 107 Å². The third-order valence-corrected chi connectivity index (χ3v) is 3.32. The molecule has 0 aromatic heterocycles. The molecular formula is C11H11BrClFN2. The van der Waals surface area contributed by atoms with E-state index in [-0.39, 0.29) is 5.82 Å². The number of hydrogen-bond donors (Lipinski definition) is 1. The van der Waals surface area contributed by atoms with Crippen LogP contribution in [0.2, 0.25) is 5.02 Å². The summed E-state index contributed by atoms with van der Waals surface area (Å²) in [6.07, 6.45) is 3.17. The Balaban J connectivity index is 2.24. The number of rotatable bonds is 1. The van der Waals surface area contributed by atoms with Crippen molar-refractivity contribution < 1.29 is 4.39 Å². The summed E-state index contributed by atoms with van der Waals surface area (Å²) >= 11 is 9.25. The van der Waals surface area contributed by atoms with Crippen molar-refractivity contribution in [1.29, 1.82) is 0 Å². The number of amidine groups is 1. The van der Waals surface area contributed by atoms with Crippen LogP contribution in [0, 0.1) is 5.82 Å². The average Bonchev–Trinajstić information content (AvgIpc) is 2.25. The number of halogens is 3. The van der Waals surface area contributed by atoms with Crippen LogP contribution < -0.4 is 5.32 Å². The number of hydrogen-bond acceptors (Lipinski definition) is 2. The van der Waals surface area contributed by atoms with Gasteiger partial charge in [0.15, 0.2) is 0 Å². The molecule has 2 nitrogen and oxygen atoms in total. The van der Waals surface area contributed by atoms with Crippen LogP contribution in [-0.2, 0) is 0 Å². The van der Waals surface area contributed by atoms with E-state index in [0.29, 0.717) is 15.2 Å². The topological polar surface area (TPSA) is 24.4 Å². The molecule has 0 bridgehead atoms. The quantitative estimate of drug-likeness (QED) is 0.824. The molecule has 1 aliphatic rings. The van der Waals surface area contributed by atoms with Gasteiger partial charge in [0, 0.05) is 17.4 Å². The van der Waals surface area contributed by atoms with Gasteiger partial charge in [0.1, 0.15) is 11.7 Å². The standard InChI is InChI=1S/C11H11BrClFN2/c12-8-5-7(14)6-9(13)11(8)16-10-3-1-2-4-15-10/h5-6H,1-4H2,(H,15,16). The lowest BCUT2D eigenvalue weighted by molar-refractivity contribution is 0.627. The molecule has 1 aromatic carbocycles. The van der Waals surface area contributed by atoms with Gasteiger partial charge in [0.05, 0.1) is 10.7 Å². The number of anilines is 1. The van der Waals surface area contributed by atoms with Gasteiger partial charge >= 0.3 is 0 Å². The van der Waals surface area contributed by atoms with E-state index in [9.17, 15) is 4.39 Å². The smallest absolute Gasteiger partial charge is 0.125 e. The SMILES string of the molecule is Fc1cc(Cl)c(NC2=NCCCC2)c(Br)c1. The molecular weight excluding hydrogens is 294 g/mol. The van der Waals surface area contributed by atoms with Gasteiger partial charge in [0.25, 0.3) is 0 Å². The second-order valence-corrected chi connectivity index (χ2v) is 4.92. The maximum atomic E-state index is 13.0. The molecule has 2 rings (SSSR count). The number of nitrogens with zero attached hydrogens (tertiary/aromatic N) is 1. The zero-order valence-corrected chi connectivity index (χ0v) is 10.9. The van der Waals surface area contributed by atoms with Gasteiger partial charge in [-0.2, -0.15) is 0 Å². The Hall–Kier alpha value is -0.610. The van der Waals surface area contributed by atoms with E-state index in [1.165, 1.54) is 12.1 Å². The summed E-state index contributed by atoms with van der Waals surface area (Å²) in [4.78, 5) is 4.36. The van der Waals surface area contributed by atoms with Crippen LogP contribution >= 0.6 is 27.5 Å². The van der Waals surface area contributed by atoms with Gasteiger partial charge < -0.3 is 5.32 Å². The lowest BCUT2D eigenvalue weighted by atomic mass is 10.2. The monoisotopic (exact) mass is 304 g/mol. The van der Waals surface area contributed by atoms with Gasteiger partial charge in [-0.25, -0.2) is 4.39 Å². The van der Waals surface area contributed by atoms with Crippen LogP contribution in [0.3, 0.4) is 0 Å². The van der Waals surface area contributed by atoms with Crippen LogP contribution in [0.1, 0.15) is 19.3 Å². The lowest BCUT2D eigenvalue weighted by Crippen LogP contribution is -2.16. The predicted octanol–water partition coefficient (Wildman–Crippen LogP) is 4.24. The van der Waals surface area contributed by atoms with Crippen LogP contribution in [0.5, 0.6) is 0 Å². The van der Waals surface area contributed by atoms with Gasteiger partial charge in [-0.05, 0) is 40.9 Å². The van der Waals surface area contributed by atoms with Crippen molar-refractivity contribution in [3.63, 3.8) is 0 Å². The van der Waals surface area contributed by atoms with Crippen molar-refractivity contribution in [2.24, 2.45) is 4.99 Å². The first-order valence-corrected chi connectivity index (χ1v) is 6.29.